The summed E-state index contributed by atoms with van der Waals surface area (Å²) < 4.78 is 80.7. The third-order valence-electron chi connectivity index (χ3n) is 5.05. The first-order valence-corrected chi connectivity index (χ1v) is 11.3. The lowest BCUT2D eigenvalue weighted by Gasteiger charge is -2.34. The van der Waals surface area contributed by atoms with Gasteiger partial charge in [-0.15, -0.1) is 23.4 Å². The second kappa shape index (κ2) is 8.94. The SMILES string of the molecule is O=S(=O)(c1ccc(OC(F)(F)F)cc1)N1CCN(c2ccc(-c3ccc(F)cc3)nn2)CC1. The van der Waals surface area contributed by atoms with E-state index < -0.39 is 22.1 Å². The summed E-state index contributed by atoms with van der Waals surface area (Å²) in [5.41, 5.74) is 1.30. The highest BCUT2D eigenvalue weighted by Gasteiger charge is 2.32. The van der Waals surface area contributed by atoms with Gasteiger partial charge in [0.15, 0.2) is 5.82 Å². The first kappa shape index (κ1) is 22.9. The van der Waals surface area contributed by atoms with Gasteiger partial charge in [-0.25, -0.2) is 12.8 Å². The maximum atomic E-state index is 13.1. The van der Waals surface area contributed by atoms with E-state index in [0.29, 0.717) is 24.6 Å². The molecule has 2 aromatic carbocycles. The van der Waals surface area contributed by atoms with Crippen molar-refractivity contribution in [2.75, 3.05) is 31.1 Å². The fourth-order valence-electron chi connectivity index (χ4n) is 3.39. The van der Waals surface area contributed by atoms with Crippen LogP contribution in [0.25, 0.3) is 11.3 Å². The Morgan fingerprint density at radius 3 is 2.00 bits per heavy atom. The van der Waals surface area contributed by atoms with Crippen LogP contribution in [0.1, 0.15) is 0 Å². The molecule has 1 fully saturated rings. The molecular formula is C21H18F4N4O3S. The van der Waals surface area contributed by atoms with Gasteiger partial charge >= 0.3 is 6.36 Å². The molecule has 33 heavy (non-hydrogen) atoms. The zero-order valence-electron chi connectivity index (χ0n) is 17.0. The van der Waals surface area contributed by atoms with Crippen molar-refractivity contribution in [1.82, 2.24) is 14.5 Å². The normalized spacial score (nSPS) is 15.5. The third kappa shape index (κ3) is 5.40. The molecular weight excluding hydrogens is 464 g/mol. The Morgan fingerprint density at radius 1 is 0.818 bits per heavy atom. The first-order valence-electron chi connectivity index (χ1n) is 9.82. The molecule has 0 amide bonds. The lowest BCUT2D eigenvalue weighted by atomic mass is 10.1. The summed E-state index contributed by atoms with van der Waals surface area (Å²) in [7, 11) is -3.87. The predicted molar refractivity (Wildman–Crippen MR) is 112 cm³/mol. The van der Waals surface area contributed by atoms with Gasteiger partial charge in [0.1, 0.15) is 11.6 Å². The van der Waals surface area contributed by atoms with Crippen LogP contribution >= 0.6 is 0 Å². The summed E-state index contributed by atoms with van der Waals surface area (Å²) in [5, 5.41) is 8.36. The number of benzene rings is 2. The van der Waals surface area contributed by atoms with Crippen LogP contribution in [0.4, 0.5) is 23.4 Å². The number of hydrogen-bond donors (Lipinski definition) is 0. The molecule has 0 saturated carbocycles. The van der Waals surface area contributed by atoms with Gasteiger partial charge in [0.2, 0.25) is 10.0 Å². The number of aromatic nitrogens is 2. The van der Waals surface area contributed by atoms with Crippen LogP contribution in [-0.2, 0) is 10.0 Å². The van der Waals surface area contributed by atoms with Crippen molar-refractivity contribution in [2.45, 2.75) is 11.3 Å². The Hall–Kier alpha value is -3.25. The molecule has 0 unspecified atom stereocenters. The van der Waals surface area contributed by atoms with E-state index in [0.717, 1.165) is 29.8 Å². The number of halogens is 4. The second-order valence-electron chi connectivity index (χ2n) is 7.19. The molecule has 0 bridgehead atoms. The van der Waals surface area contributed by atoms with Crippen molar-refractivity contribution < 1.29 is 30.7 Å². The van der Waals surface area contributed by atoms with E-state index in [-0.39, 0.29) is 23.8 Å². The third-order valence-corrected chi connectivity index (χ3v) is 6.96. The molecule has 0 N–H and O–H groups in total. The number of ether oxygens (including phenoxy) is 1. The fraction of sp³-hybridized carbons (Fsp3) is 0.238. The fourth-order valence-corrected chi connectivity index (χ4v) is 4.81. The highest BCUT2D eigenvalue weighted by molar-refractivity contribution is 7.89. The van der Waals surface area contributed by atoms with Crippen molar-refractivity contribution in [3.8, 4) is 17.0 Å². The summed E-state index contributed by atoms with van der Waals surface area (Å²) in [6.07, 6.45) is -4.85. The topological polar surface area (TPSA) is 75.6 Å². The van der Waals surface area contributed by atoms with E-state index in [1.807, 2.05) is 4.90 Å². The van der Waals surface area contributed by atoms with Crippen LogP contribution in [-0.4, -0.2) is 55.5 Å². The van der Waals surface area contributed by atoms with Crippen molar-refractivity contribution in [3.63, 3.8) is 0 Å². The number of alkyl halides is 3. The average Bonchev–Trinajstić information content (AvgIpc) is 2.79. The summed E-state index contributed by atoms with van der Waals surface area (Å²) in [6.45, 7) is 1.06. The van der Waals surface area contributed by atoms with Gasteiger partial charge in [-0.2, -0.15) is 4.31 Å². The van der Waals surface area contributed by atoms with Gasteiger partial charge in [0.25, 0.3) is 0 Å². The Bertz CT molecular complexity index is 1190. The van der Waals surface area contributed by atoms with Gasteiger partial charge in [-0.3, -0.25) is 0 Å². The summed E-state index contributed by atoms with van der Waals surface area (Å²) >= 11 is 0. The van der Waals surface area contributed by atoms with Crippen molar-refractivity contribution in [3.05, 3.63) is 66.5 Å². The minimum absolute atomic E-state index is 0.117. The number of hydrogen-bond acceptors (Lipinski definition) is 6. The van der Waals surface area contributed by atoms with E-state index in [9.17, 15) is 26.0 Å². The average molecular weight is 482 g/mol. The van der Waals surface area contributed by atoms with Gasteiger partial charge in [-0.05, 0) is 60.7 Å². The monoisotopic (exact) mass is 482 g/mol. The maximum Gasteiger partial charge on any atom is 0.573 e. The van der Waals surface area contributed by atoms with Crippen LogP contribution < -0.4 is 9.64 Å². The maximum absolute atomic E-state index is 13.1. The molecule has 0 spiro atoms. The lowest BCUT2D eigenvalue weighted by Crippen LogP contribution is -2.49. The van der Waals surface area contributed by atoms with Crippen LogP contribution in [0.5, 0.6) is 5.75 Å². The van der Waals surface area contributed by atoms with Crippen molar-refractivity contribution in [2.24, 2.45) is 0 Å². The Kier molecular flexibility index (Phi) is 6.21. The van der Waals surface area contributed by atoms with E-state index in [2.05, 4.69) is 14.9 Å². The van der Waals surface area contributed by atoms with Gasteiger partial charge < -0.3 is 9.64 Å². The molecule has 7 nitrogen and oxygen atoms in total. The molecule has 3 aromatic rings. The standard InChI is InChI=1S/C21H18F4N4O3S/c22-16-3-1-15(2-4-16)19-9-10-20(27-26-19)28-11-13-29(14-12-28)33(30,31)18-7-5-17(6-8-18)32-21(23,24)25/h1-10H,11-14H2. The largest absolute Gasteiger partial charge is 0.573 e. The lowest BCUT2D eigenvalue weighted by molar-refractivity contribution is -0.274. The first-order chi connectivity index (χ1) is 15.6. The molecule has 0 aliphatic carbocycles. The molecule has 174 valence electrons. The number of anilines is 1. The number of rotatable bonds is 5. The van der Waals surface area contributed by atoms with E-state index in [1.165, 1.54) is 16.4 Å². The summed E-state index contributed by atoms with van der Waals surface area (Å²) in [6, 6.07) is 13.5. The molecule has 1 aliphatic heterocycles. The van der Waals surface area contributed by atoms with E-state index in [1.54, 1.807) is 24.3 Å². The molecule has 1 aromatic heterocycles. The van der Waals surface area contributed by atoms with Gasteiger partial charge in [0, 0.05) is 31.7 Å². The molecule has 0 radical (unpaired) electrons. The minimum atomic E-state index is -4.85. The molecule has 4 rings (SSSR count). The summed E-state index contributed by atoms with van der Waals surface area (Å²) in [4.78, 5) is 1.77. The quantitative estimate of drug-likeness (QED) is 0.517. The zero-order chi connectivity index (χ0) is 23.6. The molecule has 1 saturated heterocycles. The Labute approximate surface area is 187 Å². The zero-order valence-corrected chi connectivity index (χ0v) is 17.9. The van der Waals surface area contributed by atoms with Crippen LogP contribution in [0.2, 0.25) is 0 Å². The molecule has 12 heteroatoms. The highest BCUT2D eigenvalue weighted by atomic mass is 32.2. The minimum Gasteiger partial charge on any atom is -0.406 e. The predicted octanol–water partition coefficient (Wildman–Crippen LogP) is 3.69. The number of nitrogens with zero attached hydrogens (tertiary/aromatic N) is 4. The molecule has 1 aliphatic rings. The second-order valence-corrected chi connectivity index (χ2v) is 9.13. The van der Waals surface area contributed by atoms with Crippen molar-refractivity contribution in [1.29, 1.82) is 0 Å². The van der Waals surface area contributed by atoms with Crippen LogP contribution in [0.3, 0.4) is 0 Å². The summed E-state index contributed by atoms with van der Waals surface area (Å²) in [5.74, 6) is -0.262. The van der Waals surface area contributed by atoms with E-state index in [4.69, 9.17) is 0 Å². The Balaban J connectivity index is 1.39. The molecule has 2 heterocycles. The van der Waals surface area contributed by atoms with Gasteiger partial charge in [-0.1, -0.05) is 0 Å². The molecule has 0 atom stereocenters. The number of sulfonamides is 1. The number of piperazine rings is 1. The highest BCUT2D eigenvalue weighted by Crippen LogP contribution is 2.26. The van der Waals surface area contributed by atoms with Gasteiger partial charge in [0.05, 0.1) is 10.6 Å². The van der Waals surface area contributed by atoms with Crippen LogP contribution in [0.15, 0.2) is 65.6 Å². The Morgan fingerprint density at radius 2 is 1.45 bits per heavy atom. The smallest absolute Gasteiger partial charge is 0.406 e. The van der Waals surface area contributed by atoms with E-state index >= 15 is 0 Å². The van der Waals surface area contributed by atoms with Crippen LogP contribution in [0, 0.1) is 5.82 Å². The van der Waals surface area contributed by atoms with Crippen molar-refractivity contribution >= 4 is 15.8 Å².